The van der Waals surface area contributed by atoms with Gasteiger partial charge in [0, 0.05) is 19.3 Å². The molecular weight excluding hydrogens is 1190 g/mol. The first-order valence-corrected chi connectivity index (χ1v) is 39.2. The van der Waals surface area contributed by atoms with Crippen LogP contribution in [0.2, 0.25) is 0 Å². The summed E-state index contributed by atoms with van der Waals surface area (Å²) in [4.78, 5) is 58.2. The van der Waals surface area contributed by atoms with E-state index in [1.165, 1.54) is 141 Å². The van der Waals surface area contributed by atoms with Crippen LogP contribution in [0.1, 0.15) is 316 Å². The van der Waals surface area contributed by atoms with E-state index in [1.54, 1.807) is 0 Å². The molecule has 0 aromatic heterocycles. The number of aliphatic hydroxyl groups is 2. The van der Waals surface area contributed by atoms with Crippen molar-refractivity contribution < 1.29 is 75.8 Å². The van der Waals surface area contributed by atoms with Crippen molar-refractivity contribution >= 4 is 33.6 Å². The van der Waals surface area contributed by atoms with Gasteiger partial charge in [0.25, 0.3) is 0 Å². The van der Waals surface area contributed by atoms with Gasteiger partial charge in [-0.2, -0.15) is 0 Å². The fourth-order valence-corrected chi connectivity index (χ4v) is 11.4. The minimum absolute atomic E-state index is 0.0952. The van der Waals surface area contributed by atoms with Gasteiger partial charge in [-0.25, -0.2) is 9.13 Å². The lowest BCUT2D eigenvalue weighted by atomic mass is 10.0. The Morgan fingerprint density at radius 3 is 0.934 bits per heavy atom. The van der Waals surface area contributed by atoms with Gasteiger partial charge in [-0.05, 0) is 109 Å². The molecule has 0 rings (SSSR count). The van der Waals surface area contributed by atoms with Crippen molar-refractivity contribution in [3.63, 3.8) is 0 Å². The van der Waals surface area contributed by atoms with Crippen molar-refractivity contribution in [2.75, 3.05) is 39.6 Å². The van der Waals surface area contributed by atoms with Gasteiger partial charge in [0.1, 0.15) is 25.4 Å². The van der Waals surface area contributed by atoms with E-state index in [4.69, 9.17) is 32.3 Å². The van der Waals surface area contributed by atoms with Crippen molar-refractivity contribution in [3.8, 4) is 0 Å². The number of esters is 3. The molecule has 0 aliphatic rings. The largest absolute Gasteiger partial charge is 0.472 e. The zero-order chi connectivity index (χ0) is 66.7. The Balaban J connectivity index is 4.33. The Hall–Kier alpha value is -3.01. The fourth-order valence-electron chi connectivity index (χ4n) is 9.77. The maximum absolute atomic E-state index is 12.8. The number of carbonyl (C=O) groups excluding carboxylic acids is 3. The number of rotatable bonds is 69. The Bertz CT molecular complexity index is 1950. The van der Waals surface area contributed by atoms with E-state index in [2.05, 4.69) is 93.7 Å². The first-order chi connectivity index (χ1) is 44.2. The molecular formula is C73H132O16P2. The van der Waals surface area contributed by atoms with E-state index >= 15 is 0 Å². The van der Waals surface area contributed by atoms with Crippen LogP contribution in [0, 0.1) is 0 Å². The van der Waals surface area contributed by atoms with Crippen LogP contribution < -0.4 is 0 Å². The molecule has 0 fully saturated rings. The standard InChI is InChI=1S/C73H132O16P2/c1-4-7-10-13-16-19-22-24-25-26-27-28-29-30-31-32-33-34-35-36-37-38-39-40-41-43-46-47-50-53-56-59-71(76)83-62-68(74)63-85-90(79,80)86-64-69(75)65-87-91(81,82)88-67-70(89-73(78)61-58-55-52-49-44-21-18-15-12-9-6-3)66-84-72(77)60-57-54-51-48-45-42-23-20-17-14-11-8-5-2/h15-16,18-20,23-25,27-28,30-31,68-70,74-75H,4-14,17,21-22,26,29,32-67H2,1-3H3,(H,79,80)(H,81,82)/b18-15-,19-16-,23-20-,25-24-,28-27-,31-30-. The van der Waals surface area contributed by atoms with Crippen molar-refractivity contribution in [1.82, 2.24) is 0 Å². The molecule has 91 heavy (non-hydrogen) atoms. The molecule has 0 saturated carbocycles. The van der Waals surface area contributed by atoms with Crippen LogP contribution in [0.15, 0.2) is 72.9 Å². The predicted molar refractivity (Wildman–Crippen MR) is 372 cm³/mol. The number of hydrogen-bond acceptors (Lipinski definition) is 14. The summed E-state index contributed by atoms with van der Waals surface area (Å²) in [6.07, 6.45) is 71.3. The van der Waals surface area contributed by atoms with Crippen LogP contribution in [-0.4, -0.2) is 95.9 Å². The molecule has 530 valence electrons. The Kier molecular flexibility index (Phi) is 64.8. The molecule has 0 aliphatic carbocycles. The molecule has 0 saturated heterocycles. The van der Waals surface area contributed by atoms with Crippen LogP contribution in [0.25, 0.3) is 0 Å². The van der Waals surface area contributed by atoms with E-state index in [-0.39, 0.29) is 19.3 Å². The number of ether oxygens (including phenoxy) is 3. The van der Waals surface area contributed by atoms with Gasteiger partial charge >= 0.3 is 33.6 Å². The third-order valence-electron chi connectivity index (χ3n) is 15.4. The molecule has 0 bridgehead atoms. The smallest absolute Gasteiger partial charge is 0.463 e. The average Bonchev–Trinajstić information content (AvgIpc) is 3.45. The molecule has 4 N–H and O–H groups in total. The second kappa shape index (κ2) is 67.0. The molecule has 5 atom stereocenters. The quantitative estimate of drug-likeness (QED) is 0.0146. The highest BCUT2D eigenvalue weighted by Gasteiger charge is 2.29. The molecule has 0 spiro atoms. The SMILES string of the molecule is CCCC/C=C\CCCCCCCC(=O)OC(COC(=O)CCCCCCC/C=C\CCCCCC)COP(=O)(O)OCC(O)COP(=O)(O)OCC(O)COC(=O)CCCCCCCCCCCCCCCCC/C=C\C/C=C\C/C=C\C/C=C\CCCCC. The van der Waals surface area contributed by atoms with Crippen LogP contribution in [0.3, 0.4) is 0 Å². The number of carbonyl (C=O) groups is 3. The molecule has 5 unspecified atom stereocenters. The van der Waals surface area contributed by atoms with Gasteiger partial charge in [-0.15, -0.1) is 0 Å². The highest BCUT2D eigenvalue weighted by molar-refractivity contribution is 7.47. The maximum atomic E-state index is 12.8. The fraction of sp³-hybridized carbons (Fsp3) is 0.795. The van der Waals surface area contributed by atoms with Crippen molar-refractivity contribution in [2.45, 2.75) is 334 Å². The summed E-state index contributed by atoms with van der Waals surface area (Å²) in [6, 6.07) is 0. The van der Waals surface area contributed by atoms with Crippen LogP contribution >= 0.6 is 15.6 Å². The maximum Gasteiger partial charge on any atom is 0.472 e. The monoisotopic (exact) mass is 1330 g/mol. The summed E-state index contributed by atoms with van der Waals surface area (Å²) >= 11 is 0. The molecule has 0 aromatic rings. The van der Waals surface area contributed by atoms with Gasteiger partial charge in [0.2, 0.25) is 0 Å². The lowest BCUT2D eigenvalue weighted by Crippen LogP contribution is -2.30. The minimum atomic E-state index is -4.92. The summed E-state index contributed by atoms with van der Waals surface area (Å²) in [5.74, 6) is -1.59. The average molecular weight is 1330 g/mol. The molecule has 0 amide bonds. The van der Waals surface area contributed by atoms with Crippen molar-refractivity contribution in [3.05, 3.63) is 72.9 Å². The lowest BCUT2D eigenvalue weighted by molar-refractivity contribution is -0.161. The Morgan fingerprint density at radius 2 is 0.560 bits per heavy atom. The zero-order valence-corrected chi connectivity index (χ0v) is 59.3. The summed E-state index contributed by atoms with van der Waals surface area (Å²) in [6.45, 7) is 2.58. The van der Waals surface area contributed by atoms with E-state index in [0.29, 0.717) is 19.3 Å². The second-order valence-electron chi connectivity index (χ2n) is 24.4. The summed E-state index contributed by atoms with van der Waals surface area (Å²) in [5.41, 5.74) is 0. The Labute approximate surface area is 553 Å². The zero-order valence-electron chi connectivity index (χ0n) is 57.5. The van der Waals surface area contributed by atoms with Crippen LogP contribution in [0.4, 0.5) is 0 Å². The molecule has 0 aliphatic heterocycles. The Morgan fingerprint density at radius 1 is 0.308 bits per heavy atom. The molecule has 18 heteroatoms. The molecule has 16 nitrogen and oxygen atoms in total. The molecule has 0 radical (unpaired) electrons. The molecule has 0 heterocycles. The van der Waals surface area contributed by atoms with Crippen molar-refractivity contribution in [2.24, 2.45) is 0 Å². The number of phosphoric ester groups is 2. The third kappa shape index (κ3) is 68.2. The van der Waals surface area contributed by atoms with Gasteiger partial charge < -0.3 is 34.2 Å². The first kappa shape index (κ1) is 88.0. The second-order valence-corrected chi connectivity index (χ2v) is 27.3. The van der Waals surface area contributed by atoms with Crippen LogP contribution in [0.5, 0.6) is 0 Å². The number of phosphoric acid groups is 2. The van der Waals surface area contributed by atoms with Gasteiger partial charge in [-0.1, -0.05) is 261 Å². The summed E-state index contributed by atoms with van der Waals surface area (Å²) < 4.78 is 60.8. The van der Waals surface area contributed by atoms with Crippen molar-refractivity contribution in [1.29, 1.82) is 0 Å². The first-order valence-electron chi connectivity index (χ1n) is 36.2. The highest BCUT2D eigenvalue weighted by atomic mass is 31.2. The number of aliphatic hydroxyl groups excluding tert-OH is 2. The summed E-state index contributed by atoms with van der Waals surface area (Å²) in [7, 11) is -9.76. The van der Waals surface area contributed by atoms with Gasteiger partial charge in [0.05, 0.1) is 26.4 Å². The third-order valence-corrected chi connectivity index (χ3v) is 17.3. The van der Waals surface area contributed by atoms with Gasteiger partial charge in [0.15, 0.2) is 6.10 Å². The van der Waals surface area contributed by atoms with E-state index in [1.807, 2.05) is 0 Å². The van der Waals surface area contributed by atoms with Gasteiger partial charge in [-0.3, -0.25) is 32.5 Å². The van der Waals surface area contributed by atoms with Crippen LogP contribution in [-0.2, 0) is 55.8 Å². The minimum Gasteiger partial charge on any atom is -0.463 e. The molecule has 0 aromatic carbocycles. The number of hydrogen-bond donors (Lipinski definition) is 4. The lowest BCUT2D eigenvalue weighted by Gasteiger charge is -2.21. The topological polar surface area (TPSA) is 231 Å². The van der Waals surface area contributed by atoms with E-state index < -0.39 is 91.5 Å². The number of allylic oxidation sites excluding steroid dienone is 12. The number of unbranched alkanes of at least 4 members (excludes halogenated alkanes) is 34. The van der Waals surface area contributed by atoms with E-state index in [0.717, 1.165) is 116 Å². The normalized spacial score (nSPS) is 14.6. The highest BCUT2D eigenvalue weighted by Crippen LogP contribution is 2.45. The predicted octanol–water partition coefficient (Wildman–Crippen LogP) is 20.3. The van der Waals surface area contributed by atoms with E-state index in [9.17, 15) is 43.5 Å². The summed E-state index contributed by atoms with van der Waals surface area (Å²) in [5, 5.41) is 20.5.